The van der Waals surface area contributed by atoms with Crippen molar-refractivity contribution in [2.24, 2.45) is 0 Å². The molecule has 0 spiro atoms. The fourth-order valence-corrected chi connectivity index (χ4v) is 4.58. The predicted octanol–water partition coefficient (Wildman–Crippen LogP) is 7.25. The van der Waals surface area contributed by atoms with Crippen LogP contribution < -0.4 is 10.2 Å². The quantitative estimate of drug-likeness (QED) is 0.372. The van der Waals surface area contributed by atoms with E-state index in [1.54, 1.807) is 42.5 Å². The van der Waals surface area contributed by atoms with E-state index in [1.807, 2.05) is 32.0 Å². The van der Waals surface area contributed by atoms with Gasteiger partial charge in [0.1, 0.15) is 10.6 Å². The minimum atomic E-state index is -0.439. The third-order valence-electron chi connectivity index (χ3n) is 4.87. The highest BCUT2D eigenvalue weighted by Crippen LogP contribution is 2.39. The van der Waals surface area contributed by atoms with Crippen LogP contribution in [0.1, 0.15) is 11.1 Å². The average Bonchev–Trinajstić information content (AvgIpc) is 2.98. The first-order valence-electron chi connectivity index (χ1n) is 9.60. The first kappa shape index (κ1) is 22.7. The van der Waals surface area contributed by atoms with Gasteiger partial charge in [0.15, 0.2) is 0 Å². The van der Waals surface area contributed by atoms with E-state index in [0.29, 0.717) is 26.4 Å². The van der Waals surface area contributed by atoms with Crippen LogP contribution >= 0.6 is 46.6 Å². The van der Waals surface area contributed by atoms with Gasteiger partial charge >= 0.3 is 0 Å². The number of rotatable bonds is 5. The second kappa shape index (κ2) is 9.20. The molecule has 0 bridgehead atoms. The number of nitrogens with zero attached hydrogens (tertiary/aromatic N) is 1. The summed E-state index contributed by atoms with van der Waals surface area (Å²) in [7, 11) is 0. The van der Waals surface area contributed by atoms with Crippen molar-refractivity contribution in [1.29, 1.82) is 0 Å². The van der Waals surface area contributed by atoms with Crippen molar-refractivity contribution in [2.75, 3.05) is 10.2 Å². The number of carbonyl (C=O) groups excluding carboxylic acids is 2. The van der Waals surface area contributed by atoms with Crippen molar-refractivity contribution in [1.82, 2.24) is 0 Å². The Morgan fingerprint density at radius 2 is 1.53 bits per heavy atom. The van der Waals surface area contributed by atoms with Crippen LogP contribution in [0.15, 0.2) is 76.2 Å². The first-order valence-corrected chi connectivity index (χ1v) is 11.6. The molecule has 4 nitrogen and oxygen atoms in total. The van der Waals surface area contributed by atoms with Crippen molar-refractivity contribution in [3.63, 3.8) is 0 Å². The Morgan fingerprint density at radius 1 is 0.812 bits per heavy atom. The Hall–Kier alpha value is -2.44. The monoisotopic (exact) mass is 502 g/mol. The van der Waals surface area contributed by atoms with E-state index >= 15 is 0 Å². The Kier molecular flexibility index (Phi) is 6.54. The number of imide groups is 1. The van der Waals surface area contributed by atoms with Crippen molar-refractivity contribution in [2.45, 2.75) is 18.7 Å². The Morgan fingerprint density at radius 3 is 2.22 bits per heavy atom. The van der Waals surface area contributed by atoms with Crippen molar-refractivity contribution in [3.8, 4) is 0 Å². The zero-order valence-corrected chi connectivity index (χ0v) is 20.2. The number of carbonyl (C=O) groups is 2. The maximum atomic E-state index is 13.5. The molecule has 3 aromatic carbocycles. The van der Waals surface area contributed by atoms with E-state index in [2.05, 4.69) is 5.32 Å². The van der Waals surface area contributed by atoms with E-state index in [-0.39, 0.29) is 10.6 Å². The van der Waals surface area contributed by atoms with E-state index in [0.717, 1.165) is 16.0 Å². The topological polar surface area (TPSA) is 49.4 Å². The normalized spacial score (nSPS) is 13.8. The van der Waals surface area contributed by atoms with Crippen LogP contribution in [0, 0.1) is 13.8 Å². The number of hydrogen-bond donors (Lipinski definition) is 1. The van der Waals surface area contributed by atoms with Gasteiger partial charge < -0.3 is 5.32 Å². The molecule has 4 rings (SSSR count). The molecule has 1 aliphatic rings. The summed E-state index contributed by atoms with van der Waals surface area (Å²) in [6, 6.07) is 17.7. The number of nitrogens with one attached hydrogen (secondary N) is 1. The van der Waals surface area contributed by atoms with Crippen LogP contribution in [0.2, 0.25) is 15.1 Å². The van der Waals surface area contributed by atoms with Crippen LogP contribution in [0.5, 0.6) is 0 Å². The third kappa shape index (κ3) is 4.52. The van der Waals surface area contributed by atoms with Crippen molar-refractivity contribution in [3.05, 3.63) is 97.5 Å². The third-order valence-corrected chi connectivity index (χ3v) is 6.95. The number of thioether (sulfide) groups is 1. The van der Waals surface area contributed by atoms with Gasteiger partial charge in [-0.25, -0.2) is 4.90 Å². The smallest absolute Gasteiger partial charge is 0.283 e. The molecule has 1 N–H and O–H groups in total. The molecule has 3 aromatic rings. The molecule has 32 heavy (non-hydrogen) atoms. The van der Waals surface area contributed by atoms with Crippen LogP contribution in [-0.2, 0) is 9.59 Å². The number of aryl methyl sites for hydroxylation is 2. The summed E-state index contributed by atoms with van der Waals surface area (Å²) >= 11 is 19.4. The highest BCUT2D eigenvalue weighted by atomic mass is 35.5. The van der Waals surface area contributed by atoms with E-state index in [4.69, 9.17) is 34.8 Å². The zero-order valence-electron chi connectivity index (χ0n) is 17.1. The molecule has 162 valence electrons. The molecule has 0 unspecified atom stereocenters. The van der Waals surface area contributed by atoms with Crippen LogP contribution in [0.25, 0.3) is 0 Å². The molecule has 0 radical (unpaired) electrons. The molecular formula is C24H17Cl3N2O2S. The largest absolute Gasteiger partial charge is 0.350 e. The lowest BCUT2D eigenvalue weighted by Crippen LogP contribution is -2.33. The van der Waals surface area contributed by atoms with Gasteiger partial charge in [0.2, 0.25) is 0 Å². The summed E-state index contributed by atoms with van der Waals surface area (Å²) in [5, 5.41) is 4.40. The van der Waals surface area contributed by atoms with Gasteiger partial charge in [0.25, 0.3) is 11.8 Å². The minimum absolute atomic E-state index is 0.175. The molecule has 0 atom stereocenters. The summed E-state index contributed by atoms with van der Waals surface area (Å²) in [5.41, 5.74) is 3.05. The second-order valence-electron chi connectivity index (χ2n) is 7.25. The zero-order chi connectivity index (χ0) is 23.0. The molecule has 0 aromatic heterocycles. The van der Waals surface area contributed by atoms with Gasteiger partial charge in [-0.2, -0.15) is 0 Å². The minimum Gasteiger partial charge on any atom is -0.350 e. The standard InChI is InChI=1S/C24H17Cl3N2O2S/c1-13-3-4-14(2)20(11-13)29-23(30)21(28-16-7-10-18(26)19(27)12-16)22(24(29)31)32-17-8-5-15(25)6-9-17/h3-12,28H,1-2H3. The number of hydrogen-bond acceptors (Lipinski definition) is 4. The first-order chi connectivity index (χ1) is 15.2. The Labute approximate surface area is 205 Å². The van der Waals surface area contributed by atoms with E-state index in [1.165, 1.54) is 16.7 Å². The fraction of sp³-hybridized carbons (Fsp3) is 0.0833. The number of anilines is 2. The molecule has 1 aliphatic heterocycles. The molecule has 2 amide bonds. The van der Waals surface area contributed by atoms with Gasteiger partial charge in [0, 0.05) is 15.6 Å². The number of benzene rings is 3. The molecule has 0 saturated heterocycles. The van der Waals surface area contributed by atoms with E-state index in [9.17, 15) is 9.59 Å². The van der Waals surface area contributed by atoms with Crippen LogP contribution in [0.4, 0.5) is 11.4 Å². The molecule has 0 fully saturated rings. The molecule has 0 saturated carbocycles. The summed E-state index contributed by atoms with van der Waals surface area (Å²) in [4.78, 5) is 29.2. The van der Waals surface area contributed by atoms with Crippen LogP contribution in [-0.4, -0.2) is 11.8 Å². The lowest BCUT2D eigenvalue weighted by atomic mass is 10.1. The van der Waals surface area contributed by atoms with Crippen LogP contribution in [0.3, 0.4) is 0 Å². The van der Waals surface area contributed by atoms with Gasteiger partial charge in [-0.15, -0.1) is 0 Å². The molecule has 0 aliphatic carbocycles. The summed E-state index contributed by atoms with van der Waals surface area (Å²) < 4.78 is 0. The maximum absolute atomic E-state index is 13.5. The molecule has 8 heteroatoms. The Balaban J connectivity index is 1.78. The maximum Gasteiger partial charge on any atom is 0.283 e. The van der Waals surface area contributed by atoms with Crippen molar-refractivity contribution >= 4 is 69.8 Å². The fourth-order valence-electron chi connectivity index (χ4n) is 3.23. The lowest BCUT2D eigenvalue weighted by Gasteiger charge is -2.18. The van der Waals surface area contributed by atoms with Gasteiger partial charge in [-0.05, 0) is 73.5 Å². The summed E-state index contributed by atoms with van der Waals surface area (Å²) in [6.07, 6.45) is 0. The lowest BCUT2D eigenvalue weighted by molar-refractivity contribution is -0.120. The second-order valence-corrected chi connectivity index (χ2v) is 9.58. The summed E-state index contributed by atoms with van der Waals surface area (Å²) in [5.74, 6) is -0.836. The predicted molar refractivity (Wildman–Crippen MR) is 133 cm³/mol. The Bertz CT molecular complexity index is 1270. The van der Waals surface area contributed by atoms with Gasteiger partial charge in [-0.3, -0.25) is 9.59 Å². The SMILES string of the molecule is Cc1ccc(C)c(N2C(=O)C(Nc3ccc(Cl)c(Cl)c3)=C(Sc3ccc(Cl)cc3)C2=O)c1. The number of halogens is 3. The summed E-state index contributed by atoms with van der Waals surface area (Å²) in [6.45, 7) is 3.78. The van der Waals surface area contributed by atoms with Gasteiger partial charge in [-0.1, -0.05) is 58.7 Å². The molecule has 1 heterocycles. The van der Waals surface area contributed by atoms with E-state index < -0.39 is 11.8 Å². The molecular weight excluding hydrogens is 487 g/mol. The highest BCUT2D eigenvalue weighted by Gasteiger charge is 2.40. The van der Waals surface area contributed by atoms with Crippen molar-refractivity contribution < 1.29 is 9.59 Å². The average molecular weight is 504 g/mol. The number of amides is 2. The highest BCUT2D eigenvalue weighted by molar-refractivity contribution is 8.04. The van der Waals surface area contributed by atoms with Gasteiger partial charge in [0.05, 0.1) is 15.7 Å².